The smallest absolute Gasteiger partial charge is 0.272 e. The van der Waals surface area contributed by atoms with Gasteiger partial charge in [0.25, 0.3) is 11.8 Å². The number of nitriles is 1. The molecule has 2 aliphatic heterocycles. The van der Waals surface area contributed by atoms with E-state index in [1.807, 2.05) is 33.8 Å². The van der Waals surface area contributed by atoms with Crippen LogP contribution in [0.25, 0.3) is 0 Å². The van der Waals surface area contributed by atoms with Gasteiger partial charge in [0.05, 0.1) is 22.8 Å². The molecule has 3 N–H and O–H groups in total. The van der Waals surface area contributed by atoms with Crippen LogP contribution in [0.4, 0.5) is 0 Å². The van der Waals surface area contributed by atoms with Crippen LogP contribution in [0.3, 0.4) is 0 Å². The first-order chi connectivity index (χ1) is 23.2. The number of hydrogen-bond acceptors (Lipinski definition) is 9. The van der Waals surface area contributed by atoms with Crippen LogP contribution in [0, 0.1) is 22.2 Å². The molecule has 1 saturated carbocycles. The molecule has 2 aromatic carbocycles. The molecule has 256 valence electrons. The van der Waals surface area contributed by atoms with Crippen molar-refractivity contribution in [3.05, 3.63) is 76.1 Å². The van der Waals surface area contributed by atoms with Gasteiger partial charge in [-0.05, 0) is 36.8 Å². The number of amides is 4. The van der Waals surface area contributed by atoms with Crippen molar-refractivity contribution in [3.8, 4) is 17.6 Å². The molecule has 3 heterocycles. The molecule has 6 rings (SSSR count). The normalized spacial score (nSPS) is 23.6. The molecule has 49 heavy (non-hydrogen) atoms. The maximum Gasteiger partial charge on any atom is 0.272 e. The molecule has 3 aliphatic rings. The van der Waals surface area contributed by atoms with Gasteiger partial charge in [-0.1, -0.05) is 45.4 Å². The summed E-state index contributed by atoms with van der Waals surface area (Å²) in [5.41, 5.74) is 0.445. The minimum absolute atomic E-state index is 0.0884. The third-order valence-corrected chi connectivity index (χ3v) is 9.99. The van der Waals surface area contributed by atoms with Crippen LogP contribution in [-0.4, -0.2) is 68.2 Å². The average Bonchev–Trinajstić information content (AvgIpc) is 3.63. The number of carbonyl (C=O) groups is 4. The van der Waals surface area contributed by atoms with Crippen molar-refractivity contribution in [2.45, 2.75) is 77.9 Å². The van der Waals surface area contributed by atoms with Gasteiger partial charge in [0.1, 0.15) is 35.4 Å². The molecule has 4 amide bonds. The molecule has 1 saturated heterocycles. The minimum Gasteiger partial charge on any atom is -0.494 e. The number of rotatable bonds is 10. The van der Waals surface area contributed by atoms with Gasteiger partial charge in [-0.25, -0.2) is 0 Å². The number of nitrogens with zero attached hydrogens (tertiary/aromatic N) is 4. The standard InChI is InChI=1S/C35H37ClN6O7/c1-34(2)32(35(3,4)33(34)49-21-7-6-19(18-37)24(36)17-21)39-28(44)25-12-14-41(40-25)13-5-15-48-20-8-9-22-23(16-20)31(47)42(30(22)46)26-10-11-27(43)38-29(26)45/h6-9,12,14,16-17,26,30,32-33,46H,5,10-11,13,15H2,1-4H3,(H,39,44)(H,38,43,45)/t26?,30?,32-,33-. The number of aromatic nitrogens is 2. The van der Waals surface area contributed by atoms with Crippen LogP contribution in [0.15, 0.2) is 48.7 Å². The van der Waals surface area contributed by atoms with Gasteiger partial charge < -0.3 is 19.9 Å². The highest BCUT2D eigenvalue weighted by Gasteiger charge is 2.64. The zero-order chi connectivity index (χ0) is 35.2. The lowest BCUT2D eigenvalue weighted by molar-refractivity contribution is -0.164. The van der Waals surface area contributed by atoms with Crippen molar-refractivity contribution in [2.24, 2.45) is 10.8 Å². The minimum atomic E-state index is -1.29. The SMILES string of the molecule is CC1(C)[C@H](NC(=O)c2ccn(CCCOc3ccc4c(c3)C(=O)N(C3CCC(=O)NC3=O)C4O)n2)C(C)(C)[C@H]1Oc1ccc(C#N)c(Cl)c1. The zero-order valence-electron chi connectivity index (χ0n) is 27.5. The molecule has 1 aliphatic carbocycles. The summed E-state index contributed by atoms with van der Waals surface area (Å²) in [4.78, 5) is 51.3. The number of hydrogen-bond donors (Lipinski definition) is 3. The molecular formula is C35H37ClN6O7. The summed E-state index contributed by atoms with van der Waals surface area (Å²) in [6, 6.07) is 12.3. The number of imide groups is 1. The Morgan fingerprint density at radius 3 is 2.55 bits per heavy atom. The Hall–Kier alpha value is -4.93. The Balaban J connectivity index is 0.998. The molecule has 3 aromatic rings. The Kier molecular flexibility index (Phi) is 8.89. The van der Waals surface area contributed by atoms with E-state index >= 15 is 0 Å². The lowest BCUT2D eigenvalue weighted by Crippen LogP contribution is -2.74. The first kappa shape index (κ1) is 34.0. The van der Waals surface area contributed by atoms with Crippen LogP contribution in [0.2, 0.25) is 5.02 Å². The number of aliphatic hydroxyl groups excluding tert-OH is 1. The Labute approximate surface area is 288 Å². The summed E-state index contributed by atoms with van der Waals surface area (Å²) in [6.45, 7) is 8.90. The van der Waals surface area contributed by atoms with E-state index in [-0.39, 0.29) is 42.2 Å². The van der Waals surface area contributed by atoms with E-state index in [1.54, 1.807) is 53.3 Å². The fourth-order valence-electron chi connectivity index (χ4n) is 7.52. The summed E-state index contributed by atoms with van der Waals surface area (Å²) < 4.78 is 13.8. The first-order valence-electron chi connectivity index (χ1n) is 16.0. The molecule has 1 aromatic heterocycles. The van der Waals surface area contributed by atoms with E-state index in [0.717, 1.165) is 4.90 Å². The quantitative estimate of drug-likeness (QED) is 0.212. The molecule has 13 nitrogen and oxygen atoms in total. The number of carbonyl (C=O) groups excluding carboxylic acids is 4. The maximum absolute atomic E-state index is 13.2. The van der Waals surface area contributed by atoms with Gasteiger partial charge in [0.2, 0.25) is 11.8 Å². The van der Waals surface area contributed by atoms with Crippen LogP contribution >= 0.6 is 11.6 Å². The van der Waals surface area contributed by atoms with E-state index in [9.17, 15) is 24.3 Å². The predicted octanol–water partition coefficient (Wildman–Crippen LogP) is 3.74. The molecule has 2 unspecified atom stereocenters. The second-order valence-corrected chi connectivity index (χ2v) is 14.2. The number of fused-ring (bicyclic) bond motifs is 1. The van der Waals surface area contributed by atoms with Gasteiger partial charge >= 0.3 is 0 Å². The fourth-order valence-corrected chi connectivity index (χ4v) is 7.73. The van der Waals surface area contributed by atoms with Gasteiger partial charge in [-0.3, -0.25) is 34.1 Å². The van der Waals surface area contributed by atoms with E-state index in [0.29, 0.717) is 47.2 Å². The molecular weight excluding hydrogens is 652 g/mol. The first-order valence-corrected chi connectivity index (χ1v) is 16.4. The Bertz CT molecular complexity index is 1870. The van der Waals surface area contributed by atoms with Crippen molar-refractivity contribution < 1.29 is 33.8 Å². The number of halogens is 1. The third-order valence-electron chi connectivity index (χ3n) is 9.68. The van der Waals surface area contributed by atoms with Crippen molar-refractivity contribution in [1.82, 2.24) is 25.3 Å². The topological polar surface area (TPSA) is 176 Å². The number of piperidine rings is 1. The number of benzene rings is 2. The fraction of sp³-hybridized carbons (Fsp3) is 0.429. The predicted molar refractivity (Wildman–Crippen MR) is 175 cm³/mol. The lowest BCUT2D eigenvalue weighted by atomic mass is 9.49. The van der Waals surface area contributed by atoms with Crippen LogP contribution in [0.1, 0.15) is 85.2 Å². The highest BCUT2D eigenvalue weighted by Crippen LogP contribution is 2.55. The van der Waals surface area contributed by atoms with Crippen molar-refractivity contribution >= 4 is 35.2 Å². The number of aryl methyl sites for hydroxylation is 1. The summed E-state index contributed by atoms with van der Waals surface area (Å²) in [6.07, 6.45) is 0.989. The van der Waals surface area contributed by atoms with Crippen LogP contribution in [-0.2, 0) is 16.1 Å². The molecule has 0 spiro atoms. The van der Waals surface area contributed by atoms with E-state index in [4.69, 9.17) is 26.3 Å². The Morgan fingerprint density at radius 1 is 1.12 bits per heavy atom. The number of nitrogens with one attached hydrogen (secondary N) is 2. The van der Waals surface area contributed by atoms with Crippen LogP contribution in [0.5, 0.6) is 11.5 Å². The molecule has 2 fully saturated rings. The zero-order valence-corrected chi connectivity index (χ0v) is 28.3. The van der Waals surface area contributed by atoms with Gasteiger partial charge in [0.15, 0.2) is 6.23 Å². The monoisotopic (exact) mass is 688 g/mol. The molecule has 0 bridgehead atoms. The van der Waals surface area contributed by atoms with E-state index in [1.165, 1.54) is 0 Å². The summed E-state index contributed by atoms with van der Waals surface area (Å²) in [7, 11) is 0. The van der Waals surface area contributed by atoms with Crippen LogP contribution < -0.4 is 20.1 Å². The number of aliphatic hydroxyl groups is 1. The summed E-state index contributed by atoms with van der Waals surface area (Å²) in [5.74, 6) is -0.813. The number of ether oxygens (including phenoxy) is 2. The highest BCUT2D eigenvalue weighted by atomic mass is 35.5. The molecule has 14 heteroatoms. The third kappa shape index (κ3) is 6.22. The lowest BCUT2D eigenvalue weighted by Gasteiger charge is -2.63. The molecule has 2 atom stereocenters. The highest BCUT2D eigenvalue weighted by molar-refractivity contribution is 6.31. The average molecular weight is 689 g/mol. The van der Waals surface area contributed by atoms with Gasteiger partial charge in [0, 0.05) is 54.1 Å². The largest absolute Gasteiger partial charge is 0.494 e. The second-order valence-electron chi connectivity index (χ2n) is 13.8. The van der Waals surface area contributed by atoms with Gasteiger partial charge in [-0.2, -0.15) is 10.4 Å². The van der Waals surface area contributed by atoms with Crippen molar-refractivity contribution in [3.63, 3.8) is 0 Å². The second kappa shape index (κ2) is 12.8. The van der Waals surface area contributed by atoms with Gasteiger partial charge in [-0.15, -0.1) is 0 Å². The molecule has 0 radical (unpaired) electrons. The van der Waals surface area contributed by atoms with E-state index in [2.05, 4.69) is 15.7 Å². The Morgan fingerprint density at radius 2 is 1.86 bits per heavy atom. The maximum atomic E-state index is 13.2. The van der Waals surface area contributed by atoms with Crippen molar-refractivity contribution in [1.29, 1.82) is 5.26 Å². The summed E-state index contributed by atoms with van der Waals surface area (Å²) >= 11 is 6.20. The van der Waals surface area contributed by atoms with Crippen molar-refractivity contribution in [2.75, 3.05) is 6.61 Å². The summed E-state index contributed by atoms with van der Waals surface area (Å²) in [5, 5.41) is 30.1. The van der Waals surface area contributed by atoms with E-state index < -0.39 is 40.8 Å².